The molecule has 1 saturated heterocycles. The average molecular weight is 447 g/mol. The molecular formula is C20H20Cl2N6O2. The summed E-state index contributed by atoms with van der Waals surface area (Å²) < 4.78 is 7.28. The number of benzene rings is 1. The molecule has 8 nitrogen and oxygen atoms in total. The van der Waals surface area contributed by atoms with E-state index < -0.39 is 0 Å². The molecule has 0 atom stereocenters. The van der Waals surface area contributed by atoms with Crippen molar-refractivity contribution in [2.45, 2.75) is 25.7 Å². The van der Waals surface area contributed by atoms with Gasteiger partial charge < -0.3 is 14.8 Å². The van der Waals surface area contributed by atoms with Crippen LogP contribution < -0.4 is 10.9 Å². The maximum atomic E-state index is 12.3. The molecule has 1 aliphatic heterocycles. The minimum Gasteiger partial charge on any atom is -0.333 e. The van der Waals surface area contributed by atoms with Gasteiger partial charge in [0.2, 0.25) is 5.82 Å². The SMILES string of the molecule is Cc1ccc(Cl)cc1-c1noc(-c2cnn3c(C4CCNCC4)cc(=O)[nH]c23)n1.Cl. The van der Waals surface area contributed by atoms with Crippen LogP contribution in [-0.4, -0.2) is 37.8 Å². The summed E-state index contributed by atoms with van der Waals surface area (Å²) in [6, 6.07) is 7.17. The third kappa shape index (κ3) is 3.62. The lowest BCUT2D eigenvalue weighted by Crippen LogP contribution is -2.28. The third-order valence-electron chi connectivity index (χ3n) is 5.39. The number of nitrogens with one attached hydrogen (secondary N) is 2. The second-order valence-electron chi connectivity index (χ2n) is 7.28. The number of aromatic nitrogens is 5. The molecule has 0 bridgehead atoms. The molecule has 156 valence electrons. The summed E-state index contributed by atoms with van der Waals surface area (Å²) in [6.45, 7) is 3.82. The van der Waals surface area contributed by atoms with Crippen molar-refractivity contribution in [3.8, 4) is 22.8 Å². The van der Waals surface area contributed by atoms with Crippen LogP contribution in [0.25, 0.3) is 28.5 Å². The Morgan fingerprint density at radius 1 is 1.20 bits per heavy atom. The predicted molar refractivity (Wildman–Crippen MR) is 116 cm³/mol. The smallest absolute Gasteiger partial charge is 0.263 e. The number of halogens is 2. The Morgan fingerprint density at radius 3 is 2.80 bits per heavy atom. The second-order valence-corrected chi connectivity index (χ2v) is 7.72. The lowest BCUT2D eigenvalue weighted by molar-refractivity contribution is 0.432. The van der Waals surface area contributed by atoms with Gasteiger partial charge >= 0.3 is 0 Å². The van der Waals surface area contributed by atoms with Crippen LogP contribution in [-0.2, 0) is 0 Å². The maximum absolute atomic E-state index is 12.3. The van der Waals surface area contributed by atoms with E-state index in [1.807, 2.05) is 19.1 Å². The zero-order valence-corrected chi connectivity index (χ0v) is 17.8. The molecule has 0 spiro atoms. The fourth-order valence-corrected chi connectivity index (χ4v) is 4.03. The van der Waals surface area contributed by atoms with Crippen molar-refractivity contribution in [1.29, 1.82) is 0 Å². The Morgan fingerprint density at radius 2 is 2.00 bits per heavy atom. The van der Waals surface area contributed by atoms with Crippen LogP contribution >= 0.6 is 24.0 Å². The molecule has 0 saturated carbocycles. The summed E-state index contributed by atoms with van der Waals surface area (Å²) in [5, 5.41) is 12.6. The van der Waals surface area contributed by atoms with Crippen molar-refractivity contribution in [2.24, 2.45) is 0 Å². The standard InChI is InChI=1S/C20H19ClN6O2.ClH/c1-11-2-3-13(21)8-14(11)18-25-20(29-26-18)15-10-23-27-16(9-17(28)24-19(15)27)12-4-6-22-7-5-12;/h2-3,8-10,12,22H,4-7H2,1H3,(H,24,28);1H. The number of fused-ring (bicyclic) bond motifs is 1. The van der Waals surface area contributed by atoms with E-state index in [4.69, 9.17) is 16.1 Å². The number of aryl methyl sites for hydroxylation is 1. The number of aromatic amines is 1. The molecule has 2 N–H and O–H groups in total. The van der Waals surface area contributed by atoms with Gasteiger partial charge in [0, 0.05) is 22.6 Å². The first-order valence-corrected chi connectivity index (χ1v) is 9.90. The van der Waals surface area contributed by atoms with E-state index in [1.54, 1.807) is 22.8 Å². The lowest BCUT2D eigenvalue weighted by Gasteiger charge is -2.23. The van der Waals surface area contributed by atoms with Crippen molar-refractivity contribution < 1.29 is 4.52 Å². The van der Waals surface area contributed by atoms with E-state index in [-0.39, 0.29) is 23.9 Å². The molecular weight excluding hydrogens is 427 g/mol. The molecule has 1 aliphatic rings. The van der Waals surface area contributed by atoms with E-state index in [0.29, 0.717) is 27.9 Å². The van der Waals surface area contributed by atoms with Crippen LogP contribution in [0.5, 0.6) is 0 Å². The summed E-state index contributed by atoms with van der Waals surface area (Å²) in [5.74, 6) is 1.02. The number of piperidine rings is 1. The minimum atomic E-state index is -0.168. The van der Waals surface area contributed by atoms with Crippen molar-refractivity contribution in [3.05, 3.63) is 57.1 Å². The van der Waals surface area contributed by atoms with Gasteiger partial charge in [0.25, 0.3) is 11.4 Å². The van der Waals surface area contributed by atoms with Gasteiger partial charge in [-0.05, 0) is 50.6 Å². The van der Waals surface area contributed by atoms with Crippen LogP contribution in [0.2, 0.25) is 5.02 Å². The number of hydrogen-bond donors (Lipinski definition) is 2. The molecule has 1 aromatic carbocycles. The van der Waals surface area contributed by atoms with Gasteiger partial charge in [-0.15, -0.1) is 12.4 Å². The van der Waals surface area contributed by atoms with E-state index in [9.17, 15) is 4.79 Å². The first-order valence-electron chi connectivity index (χ1n) is 9.52. The molecule has 4 aromatic rings. The molecule has 0 aliphatic carbocycles. The number of hydrogen-bond acceptors (Lipinski definition) is 6. The fourth-order valence-electron chi connectivity index (χ4n) is 3.86. The Bertz CT molecular complexity index is 1260. The third-order valence-corrected chi connectivity index (χ3v) is 5.62. The van der Waals surface area contributed by atoms with Gasteiger partial charge in [-0.2, -0.15) is 10.1 Å². The molecule has 30 heavy (non-hydrogen) atoms. The van der Waals surface area contributed by atoms with Crippen molar-refractivity contribution >= 4 is 29.7 Å². The summed E-state index contributed by atoms with van der Waals surface area (Å²) in [5.41, 5.74) is 3.68. The van der Waals surface area contributed by atoms with Crippen molar-refractivity contribution in [3.63, 3.8) is 0 Å². The van der Waals surface area contributed by atoms with Crippen molar-refractivity contribution in [2.75, 3.05) is 13.1 Å². The summed E-state index contributed by atoms with van der Waals surface area (Å²) in [6.07, 6.45) is 3.58. The topological polar surface area (TPSA) is 101 Å². The Balaban J connectivity index is 0.00000218. The molecule has 3 aromatic heterocycles. The monoisotopic (exact) mass is 446 g/mol. The highest BCUT2D eigenvalue weighted by atomic mass is 35.5. The second kappa shape index (κ2) is 8.22. The Labute approximate surface area is 183 Å². The minimum absolute atomic E-state index is 0. The highest BCUT2D eigenvalue weighted by Gasteiger charge is 2.23. The van der Waals surface area contributed by atoms with Crippen LogP contribution in [0.3, 0.4) is 0 Å². The van der Waals surface area contributed by atoms with Gasteiger partial charge in [0.1, 0.15) is 11.2 Å². The first kappa shape index (κ1) is 20.6. The molecule has 10 heteroatoms. The quantitative estimate of drug-likeness (QED) is 0.498. The zero-order chi connectivity index (χ0) is 20.0. The van der Waals surface area contributed by atoms with E-state index in [0.717, 1.165) is 42.8 Å². The molecule has 0 amide bonds. The van der Waals surface area contributed by atoms with Crippen molar-refractivity contribution in [1.82, 2.24) is 30.1 Å². The number of H-pyrrole nitrogens is 1. The van der Waals surface area contributed by atoms with Crippen LogP contribution in [0.1, 0.15) is 30.0 Å². The number of rotatable bonds is 3. The Hall–Kier alpha value is -2.68. The highest BCUT2D eigenvalue weighted by molar-refractivity contribution is 6.30. The predicted octanol–water partition coefficient (Wildman–Crippen LogP) is 3.59. The molecule has 0 radical (unpaired) electrons. The van der Waals surface area contributed by atoms with Gasteiger partial charge in [-0.1, -0.05) is 22.8 Å². The zero-order valence-electron chi connectivity index (χ0n) is 16.2. The summed E-state index contributed by atoms with van der Waals surface area (Å²) in [7, 11) is 0. The van der Waals surface area contributed by atoms with Crippen LogP contribution in [0, 0.1) is 6.92 Å². The van der Waals surface area contributed by atoms with E-state index in [1.165, 1.54) is 0 Å². The van der Waals surface area contributed by atoms with Crippen LogP contribution in [0.15, 0.2) is 39.8 Å². The molecule has 0 unspecified atom stereocenters. The first-order chi connectivity index (χ1) is 14.1. The Kier molecular flexibility index (Phi) is 5.64. The lowest BCUT2D eigenvalue weighted by atomic mass is 9.94. The molecule has 1 fully saturated rings. The van der Waals surface area contributed by atoms with Gasteiger partial charge in [-0.3, -0.25) is 4.79 Å². The summed E-state index contributed by atoms with van der Waals surface area (Å²) >= 11 is 6.12. The molecule has 5 rings (SSSR count). The normalized spacial score (nSPS) is 14.7. The fraction of sp³-hybridized carbons (Fsp3) is 0.300. The highest BCUT2D eigenvalue weighted by Crippen LogP contribution is 2.30. The van der Waals surface area contributed by atoms with Gasteiger partial charge in [-0.25, -0.2) is 4.52 Å². The largest absolute Gasteiger partial charge is 0.333 e. The summed E-state index contributed by atoms with van der Waals surface area (Å²) in [4.78, 5) is 19.7. The number of nitrogens with zero attached hydrogens (tertiary/aromatic N) is 4. The van der Waals surface area contributed by atoms with E-state index >= 15 is 0 Å². The van der Waals surface area contributed by atoms with E-state index in [2.05, 4.69) is 25.5 Å². The molecule has 4 heterocycles. The average Bonchev–Trinajstić information content (AvgIpc) is 3.37. The van der Waals surface area contributed by atoms with Gasteiger partial charge in [0.15, 0.2) is 0 Å². The maximum Gasteiger partial charge on any atom is 0.263 e. The van der Waals surface area contributed by atoms with Crippen LogP contribution in [0.4, 0.5) is 0 Å². The van der Waals surface area contributed by atoms with Gasteiger partial charge in [0.05, 0.1) is 11.9 Å².